The van der Waals surface area contributed by atoms with Crippen molar-refractivity contribution in [1.82, 2.24) is 0 Å². The summed E-state index contributed by atoms with van der Waals surface area (Å²) in [6, 6.07) is 0. The number of hydrogen-bond donors (Lipinski definition) is 0. The Hall–Kier alpha value is 0.0900. The molecule has 138 valence electrons. The number of benzene rings is 1. The second-order valence-electron chi connectivity index (χ2n) is 6.96. The van der Waals surface area contributed by atoms with Crippen LogP contribution in [0.5, 0.6) is 0 Å². The van der Waals surface area contributed by atoms with Crippen molar-refractivity contribution in [3.63, 3.8) is 0 Å². The summed E-state index contributed by atoms with van der Waals surface area (Å²) in [5.41, 5.74) is 3.44. The van der Waals surface area contributed by atoms with Crippen LogP contribution in [0.1, 0.15) is 94.2 Å². The predicted octanol–water partition coefficient (Wildman–Crippen LogP) is 9.12. The Balaban J connectivity index is 2.20. The topological polar surface area (TPSA) is 0 Å². The average molecular weight is 392 g/mol. The van der Waals surface area contributed by atoms with Gasteiger partial charge in [0.05, 0.1) is 15.1 Å². The second kappa shape index (κ2) is 12.4. The molecule has 0 aliphatic heterocycles. The Morgan fingerprint density at radius 2 is 1.00 bits per heavy atom. The summed E-state index contributed by atoms with van der Waals surface area (Å²) in [6.45, 7) is 6.38. The van der Waals surface area contributed by atoms with Gasteiger partial charge in [0.2, 0.25) is 0 Å². The third kappa shape index (κ3) is 7.14. The highest BCUT2D eigenvalue weighted by atomic mass is 35.5. The van der Waals surface area contributed by atoms with E-state index in [1.807, 2.05) is 6.92 Å². The lowest BCUT2D eigenvalue weighted by molar-refractivity contribution is 0.549. The van der Waals surface area contributed by atoms with Crippen LogP contribution in [0.15, 0.2) is 0 Å². The summed E-state index contributed by atoms with van der Waals surface area (Å²) in [6.07, 6.45) is 15.9. The van der Waals surface area contributed by atoms with Crippen LogP contribution in [0, 0.1) is 13.8 Å². The zero-order valence-corrected chi connectivity index (χ0v) is 17.9. The van der Waals surface area contributed by atoms with Crippen LogP contribution < -0.4 is 0 Å². The molecule has 1 aromatic rings. The van der Waals surface area contributed by atoms with E-state index in [0.717, 1.165) is 12.0 Å². The Kier molecular flexibility index (Phi) is 11.5. The van der Waals surface area contributed by atoms with Gasteiger partial charge in [0.1, 0.15) is 0 Å². The van der Waals surface area contributed by atoms with Crippen molar-refractivity contribution < 1.29 is 0 Å². The molecule has 0 saturated carbocycles. The first-order valence-corrected chi connectivity index (χ1v) is 10.8. The van der Waals surface area contributed by atoms with Crippen molar-refractivity contribution in [3.05, 3.63) is 31.8 Å². The van der Waals surface area contributed by atoms with Crippen LogP contribution >= 0.6 is 34.8 Å². The smallest absolute Gasteiger partial charge is 0.0784 e. The Morgan fingerprint density at radius 1 is 0.542 bits per heavy atom. The molecule has 0 nitrogen and oxygen atoms in total. The van der Waals surface area contributed by atoms with Gasteiger partial charge in [-0.05, 0) is 43.4 Å². The van der Waals surface area contributed by atoms with Gasteiger partial charge in [-0.2, -0.15) is 0 Å². The maximum absolute atomic E-state index is 6.39. The second-order valence-corrected chi connectivity index (χ2v) is 8.09. The van der Waals surface area contributed by atoms with Crippen molar-refractivity contribution in [3.8, 4) is 0 Å². The third-order valence-electron chi connectivity index (χ3n) is 5.03. The van der Waals surface area contributed by atoms with Crippen molar-refractivity contribution >= 4 is 34.8 Å². The SMILES string of the molecule is CCCCCCCCCCCCCc1c(C)c(C)c(Cl)c(Cl)c1Cl. The van der Waals surface area contributed by atoms with Gasteiger partial charge in [0.25, 0.3) is 0 Å². The van der Waals surface area contributed by atoms with Crippen LogP contribution in [0.25, 0.3) is 0 Å². The van der Waals surface area contributed by atoms with Gasteiger partial charge in [0.15, 0.2) is 0 Å². The first kappa shape index (κ1) is 22.1. The third-order valence-corrected chi connectivity index (χ3v) is 6.49. The monoisotopic (exact) mass is 390 g/mol. The molecule has 1 aromatic carbocycles. The van der Waals surface area contributed by atoms with Gasteiger partial charge in [-0.3, -0.25) is 0 Å². The molecule has 0 aliphatic rings. The zero-order chi connectivity index (χ0) is 17.9. The van der Waals surface area contributed by atoms with E-state index in [9.17, 15) is 0 Å². The molecule has 1 rings (SSSR count). The van der Waals surface area contributed by atoms with Crippen molar-refractivity contribution in [1.29, 1.82) is 0 Å². The maximum atomic E-state index is 6.39. The number of rotatable bonds is 12. The molecule has 0 unspecified atom stereocenters. The summed E-state index contributed by atoms with van der Waals surface area (Å²) in [5.74, 6) is 0. The summed E-state index contributed by atoms with van der Waals surface area (Å²) in [7, 11) is 0. The maximum Gasteiger partial charge on any atom is 0.0784 e. The van der Waals surface area contributed by atoms with Gasteiger partial charge < -0.3 is 0 Å². The number of hydrogen-bond acceptors (Lipinski definition) is 0. The molecular weight excluding hydrogens is 359 g/mol. The van der Waals surface area contributed by atoms with Gasteiger partial charge in [-0.25, -0.2) is 0 Å². The van der Waals surface area contributed by atoms with Crippen molar-refractivity contribution in [2.45, 2.75) is 97.8 Å². The van der Waals surface area contributed by atoms with Crippen LogP contribution in [0.3, 0.4) is 0 Å². The molecular formula is C21H33Cl3. The highest BCUT2D eigenvalue weighted by Crippen LogP contribution is 2.38. The summed E-state index contributed by atoms with van der Waals surface area (Å²) in [5, 5.41) is 1.76. The normalized spacial score (nSPS) is 11.2. The largest absolute Gasteiger partial charge is 0.0824 e. The lowest BCUT2D eigenvalue weighted by Crippen LogP contribution is -1.97. The molecule has 0 spiro atoms. The Morgan fingerprint density at radius 3 is 1.50 bits per heavy atom. The van der Waals surface area contributed by atoms with E-state index in [0.29, 0.717) is 15.1 Å². The van der Waals surface area contributed by atoms with E-state index in [1.54, 1.807) is 0 Å². The fraction of sp³-hybridized carbons (Fsp3) is 0.714. The quantitative estimate of drug-likeness (QED) is 0.246. The standard InChI is InChI=1S/C21H33Cl3/c1-4-5-6-7-8-9-10-11-12-13-14-15-18-16(2)17(3)19(22)21(24)20(18)23/h4-15H2,1-3H3. The van der Waals surface area contributed by atoms with Crippen molar-refractivity contribution in [2.24, 2.45) is 0 Å². The van der Waals surface area contributed by atoms with Gasteiger partial charge in [0, 0.05) is 0 Å². The fourth-order valence-electron chi connectivity index (χ4n) is 3.21. The lowest BCUT2D eigenvalue weighted by atomic mass is 9.97. The molecule has 0 radical (unpaired) electrons. The molecule has 0 amide bonds. The Bertz CT molecular complexity index is 465. The summed E-state index contributed by atoms with van der Waals surface area (Å²) in [4.78, 5) is 0. The van der Waals surface area contributed by atoms with E-state index in [1.165, 1.54) is 81.8 Å². The van der Waals surface area contributed by atoms with Crippen LogP contribution in [0.4, 0.5) is 0 Å². The number of halogens is 3. The minimum absolute atomic E-state index is 0.513. The van der Waals surface area contributed by atoms with E-state index < -0.39 is 0 Å². The van der Waals surface area contributed by atoms with Crippen LogP contribution in [0.2, 0.25) is 15.1 Å². The van der Waals surface area contributed by atoms with E-state index in [2.05, 4.69) is 13.8 Å². The van der Waals surface area contributed by atoms with Crippen LogP contribution in [-0.4, -0.2) is 0 Å². The van der Waals surface area contributed by atoms with Crippen LogP contribution in [-0.2, 0) is 6.42 Å². The van der Waals surface area contributed by atoms with E-state index >= 15 is 0 Å². The first-order valence-electron chi connectivity index (χ1n) is 9.63. The fourth-order valence-corrected chi connectivity index (χ4v) is 4.08. The molecule has 0 atom stereocenters. The van der Waals surface area contributed by atoms with E-state index in [4.69, 9.17) is 34.8 Å². The highest BCUT2D eigenvalue weighted by Gasteiger charge is 2.15. The zero-order valence-electron chi connectivity index (χ0n) is 15.6. The van der Waals surface area contributed by atoms with E-state index in [-0.39, 0.29) is 0 Å². The van der Waals surface area contributed by atoms with Gasteiger partial charge in [-0.1, -0.05) is 106 Å². The molecule has 3 heteroatoms. The van der Waals surface area contributed by atoms with Gasteiger partial charge in [-0.15, -0.1) is 0 Å². The minimum atomic E-state index is 0.513. The minimum Gasteiger partial charge on any atom is -0.0824 e. The molecule has 0 N–H and O–H groups in total. The molecule has 0 aliphatic carbocycles. The van der Waals surface area contributed by atoms with Gasteiger partial charge >= 0.3 is 0 Å². The Labute approximate surface area is 164 Å². The molecule has 24 heavy (non-hydrogen) atoms. The highest BCUT2D eigenvalue weighted by molar-refractivity contribution is 6.48. The molecule has 0 bridgehead atoms. The molecule has 0 saturated heterocycles. The summed E-state index contributed by atoms with van der Waals surface area (Å²) < 4.78 is 0. The molecule has 0 fully saturated rings. The average Bonchev–Trinajstić information content (AvgIpc) is 2.58. The number of unbranched alkanes of at least 4 members (excludes halogenated alkanes) is 10. The molecule has 0 aromatic heterocycles. The predicted molar refractivity (Wildman–Crippen MR) is 111 cm³/mol. The first-order chi connectivity index (χ1) is 11.5. The van der Waals surface area contributed by atoms with Crippen molar-refractivity contribution in [2.75, 3.05) is 0 Å². The lowest BCUT2D eigenvalue weighted by Gasteiger charge is -2.15. The molecule has 0 heterocycles. The summed E-state index contributed by atoms with van der Waals surface area (Å²) >= 11 is 18.8.